The first-order valence-corrected chi connectivity index (χ1v) is 9.74. The minimum atomic E-state index is -0.452. The highest BCUT2D eigenvalue weighted by molar-refractivity contribution is 5.83. The largest absolute Gasteiger partial charge is 0.389 e. The summed E-state index contributed by atoms with van der Waals surface area (Å²) in [5.74, 6) is 1.38. The van der Waals surface area contributed by atoms with Gasteiger partial charge >= 0.3 is 0 Å². The Morgan fingerprint density at radius 3 is 2.84 bits per heavy atom. The van der Waals surface area contributed by atoms with Crippen LogP contribution in [0.2, 0.25) is 0 Å². The van der Waals surface area contributed by atoms with Gasteiger partial charge in [-0.25, -0.2) is 0 Å². The van der Waals surface area contributed by atoms with Crippen LogP contribution in [-0.2, 0) is 4.79 Å². The number of aliphatic hydroxyl groups excluding tert-OH is 2. The lowest BCUT2D eigenvalue weighted by Gasteiger charge is -2.52. The normalized spacial score (nSPS) is 48.1. The van der Waals surface area contributed by atoms with Gasteiger partial charge in [0.1, 0.15) is 6.61 Å². The molecule has 0 bridgehead atoms. The van der Waals surface area contributed by atoms with Gasteiger partial charge in [-0.15, -0.1) is 0 Å². The van der Waals surface area contributed by atoms with Crippen molar-refractivity contribution in [3.63, 3.8) is 0 Å². The highest BCUT2D eigenvalue weighted by atomic mass is 16.3. The van der Waals surface area contributed by atoms with Gasteiger partial charge in [-0.05, 0) is 55.8 Å². The summed E-state index contributed by atoms with van der Waals surface area (Å²) in [6.45, 7) is 6.43. The minimum Gasteiger partial charge on any atom is -0.389 e. The fraction of sp³-hybridized carbons (Fsp3) is 0.682. The van der Waals surface area contributed by atoms with Crippen molar-refractivity contribution in [3.05, 3.63) is 35.5 Å². The van der Waals surface area contributed by atoms with Crippen LogP contribution in [0.5, 0.6) is 0 Å². The number of aliphatic hydroxyl groups is 2. The van der Waals surface area contributed by atoms with Crippen molar-refractivity contribution in [2.24, 2.45) is 34.5 Å². The molecule has 136 valence electrons. The molecule has 0 heterocycles. The number of carbonyl (C=O) groups is 1. The molecule has 0 spiro atoms. The second kappa shape index (κ2) is 5.65. The summed E-state index contributed by atoms with van der Waals surface area (Å²) in [4.78, 5) is 12.5. The van der Waals surface area contributed by atoms with Gasteiger partial charge in [0.2, 0.25) is 0 Å². The van der Waals surface area contributed by atoms with Crippen LogP contribution < -0.4 is 0 Å². The van der Waals surface area contributed by atoms with E-state index in [0.717, 1.165) is 25.7 Å². The predicted molar refractivity (Wildman–Crippen MR) is 97.7 cm³/mol. The molecule has 3 heteroatoms. The number of fused-ring (bicyclic) bond motifs is 5. The lowest BCUT2D eigenvalue weighted by atomic mass is 9.52. The molecule has 2 N–H and O–H groups in total. The van der Waals surface area contributed by atoms with Gasteiger partial charge in [0.15, 0.2) is 5.78 Å². The van der Waals surface area contributed by atoms with Crippen LogP contribution in [0.1, 0.15) is 46.5 Å². The highest BCUT2D eigenvalue weighted by Gasteiger charge is 2.59. The second-order valence-corrected chi connectivity index (χ2v) is 9.18. The third kappa shape index (κ3) is 2.28. The Morgan fingerprint density at radius 1 is 1.36 bits per heavy atom. The average Bonchev–Trinajstić information content (AvgIpc) is 2.85. The number of Topliss-reactive ketones (excluding diaryl/α,β-unsaturated/α-hetero) is 1. The Labute approximate surface area is 150 Å². The van der Waals surface area contributed by atoms with E-state index in [-0.39, 0.29) is 29.1 Å². The molecule has 2 fully saturated rings. The molecule has 2 saturated carbocycles. The van der Waals surface area contributed by atoms with Gasteiger partial charge in [0.25, 0.3) is 0 Å². The minimum absolute atomic E-state index is 0.0197. The first-order valence-electron chi connectivity index (χ1n) is 9.74. The molecule has 3 unspecified atom stereocenters. The van der Waals surface area contributed by atoms with E-state index in [0.29, 0.717) is 17.8 Å². The first kappa shape index (κ1) is 17.2. The quantitative estimate of drug-likeness (QED) is 0.756. The summed E-state index contributed by atoms with van der Waals surface area (Å²) in [6.07, 6.45) is 12.2. The van der Waals surface area contributed by atoms with Crippen LogP contribution in [0.25, 0.3) is 0 Å². The summed E-state index contributed by atoms with van der Waals surface area (Å²) in [5, 5.41) is 19.4. The number of carbonyl (C=O) groups excluding carboxylic acids is 1. The Bertz CT molecular complexity index is 687. The van der Waals surface area contributed by atoms with Crippen LogP contribution >= 0.6 is 0 Å². The molecule has 0 aromatic heterocycles. The van der Waals surface area contributed by atoms with E-state index in [1.807, 2.05) is 12.2 Å². The fourth-order valence-electron chi connectivity index (χ4n) is 6.79. The lowest BCUT2D eigenvalue weighted by molar-refractivity contribution is -0.131. The average molecular weight is 342 g/mol. The molecule has 0 radical (unpaired) electrons. The van der Waals surface area contributed by atoms with Crippen LogP contribution in [0.15, 0.2) is 35.5 Å². The Kier molecular flexibility index (Phi) is 3.90. The molecule has 0 aromatic rings. The van der Waals surface area contributed by atoms with Gasteiger partial charge in [-0.2, -0.15) is 0 Å². The van der Waals surface area contributed by atoms with Crippen molar-refractivity contribution >= 4 is 5.78 Å². The zero-order valence-corrected chi connectivity index (χ0v) is 15.5. The smallest absolute Gasteiger partial charge is 0.162 e. The molecule has 0 amide bonds. The molecule has 4 rings (SSSR count). The van der Waals surface area contributed by atoms with Crippen LogP contribution in [0.3, 0.4) is 0 Å². The van der Waals surface area contributed by atoms with E-state index >= 15 is 0 Å². The standard InChI is InChI=1S/C22H30O3/c1-13-10-18-16-5-4-14-11-15(24)6-8-21(14,2)17(16)7-9-22(18,3)20(13)19(25)12-23/h6-8,11,13,15-16,18,20,23-24H,4-5,9-10,12H2,1-3H3/t13-,15?,16?,18?,20+,21-,22-/m0/s1. The van der Waals surface area contributed by atoms with Crippen LogP contribution in [0, 0.1) is 34.5 Å². The summed E-state index contributed by atoms with van der Waals surface area (Å²) >= 11 is 0. The summed E-state index contributed by atoms with van der Waals surface area (Å²) in [6, 6.07) is 0. The van der Waals surface area contributed by atoms with E-state index in [2.05, 4.69) is 32.9 Å². The van der Waals surface area contributed by atoms with Crippen LogP contribution in [-0.4, -0.2) is 28.7 Å². The summed E-state index contributed by atoms with van der Waals surface area (Å²) in [7, 11) is 0. The van der Waals surface area contributed by atoms with E-state index in [1.54, 1.807) is 0 Å². The maximum atomic E-state index is 12.5. The summed E-state index contributed by atoms with van der Waals surface area (Å²) < 4.78 is 0. The third-order valence-electron chi connectivity index (χ3n) is 7.89. The molecular weight excluding hydrogens is 312 g/mol. The second-order valence-electron chi connectivity index (χ2n) is 9.18. The number of allylic oxidation sites excluding steroid dienone is 4. The van der Waals surface area contributed by atoms with Crippen molar-refractivity contribution in [3.8, 4) is 0 Å². The van der Waals surface area contributed by atoms with Crippen LogP contribution in [0.4, 0.5) is 0 Å². The number of ketones is 1. The van der Waals surface area contributed by atoms with Crippen molar-refractivity contribution in [1.82, 2.24) is 0 Å². The number of rotatable bonds is 2. The molecule has 0 aliphatic heterocycles. The Balaban J connectivity index is 1.74. The Hall–Kier alpha value is -1.19. The fourth-order valence-corrected chi connectivity index (χ4v) is 6.79. The SMILES string of the molecule is C[C@H]1CC2C3CCC4=CC(O)C=C[C@]4(C)C3=CC[C@]2(C)[C@H]1C(=O)CO. The number of hydrogen-bond donors (Lipinski definition) is 2. The monoisotopic (exact) mass is 342 g/mol. The lowest BCUT2D eigenvalue weighted by Crippen LogP contribution is -2.45. The van der Waals surface area contributed by atoms with E-state index in [9.17, 15) is 15.0 Å². The first-order chi connectivity index (χ1) is 11.8. The van der Waals surface area contributed by atoms with Gasteiger partial charge in [0.05, 0.1) is 6.10 Å². The zero-order valence-electron chi connectivity index (χ0n) is 15.5. The predicted octanol–water partition coefficient (Wildman–Crippen LogP) is 3.43. The van der Waals surface area contributed by atoms with E-state index in [4.69, 9.17) is 0 Å². The van der Waals surface area contributed by atoms with Crippen molar-refractivity contribution in [1.29, 1.82) is 0 Å². The molecule has 0 aromatic carbocycles. The molecule has 4 aliphatic rings. The third-order valence-corrected chi connectivity index (χ3v) is 7.89. The molecule has 3 nitrogen and oxygen atoms in total. The van der Waals surface area contributed by atoms with Gasteiger partial charge in [-0.3, -0.25) is 4.79 Å². The topological polar surface area (TPSA) is 57.5 Å². The summed E-state index contributed by atoms with van der Waals surface area (Å²) in [5.41, 5.74) is 2.76. The number of hydrogen-bond acceptors (Lipinski definition) is 3. The van der Waals surface area contributed by atoms with E-state index in [1.165, 1.54) is 11.1 Å². The van der Waals surface area contributed by atoms with Crippen molar-refractivity contribution in [2.75, 3.05) is 6.61 Å². The van der Waals surface area contributed by atoms with Gasteiger partial charge < -0.3 is 10.2 Å². The maximum absolute atomic E-state index is 12.5. The highest BCUT2D eigenvalue weighted by Crippen LogP contribution is 2.65. The molecular formula is C22H30O3. The molecule has 0 saturated heterocycles. The zero-order chi connectivity index (χ0) is 18.0. The van der Waals surface area contributed by atoms with Crippen molar-refractivity contribution < 1.29 is 15.0 Å². The van der Waals surface area contributed by atoms with E-state index < -0.39 is 6.10 Å². The molecule has 7 atom stereocenters. The van der Waals surface area contributed by atoms with Gasteiger partial charge in [-0.1, -0.05) is 49.3 Å². The Morgan fingerprint density at radius 2 is 2.12 bits per heavy atom. The molecule has 4 aliphatic carbocycles. The van der Waals surface area contributed by atoms with Gasteiger partial charge in [0, 0.05) is 11.3 Å². The molecule has 25 heavy (non-hydrogen) atoms. The maximum Gasteiger partial charge on any atom is 0.162 e. The van der Waals surface area contributed by atoms with Crippen molar-refractivity contribution in [2.45, 2.75) is 52.6 Å².